The highest BCUT2D eigenvalue weighted by Gasteiger charge is 2.09. The molecule has 0 spiro atoms. The Hall–Kier alpha value is -1.22. The van der Waals surface area contributed by atoms with Crippen LogP contribution in [-0.4, -0.2) is 24.9 Å². The Morgan fingerprint density at radius 3 is 2.87 bits per heavy atom. The lowest BCUT2D eigenvalue weighted by Gasteiger charge is -2.05. The van der Waals surface area contributed by atoms with Gasteiger partial charge in [0, 0.05) is 16.9 Å². The van der Waals surface area contributed by atoms with Gasteiger partial charge in [-0.3, -0.25) is 4.79 Å². The van der Waals surface area contributed by atoms with E-state index in [1.807, 2.05) is 12.3 Å². The summed E-state index contributed by atoms with van der Waals surface area (Å²) in [6.45, 7) is 3.77. The van der Waals surface area contributed by atoms with Gasteiger partial charge in [-0.1, -0.05) is 18.7 Å². The second-order valence-corrected chi connectivity index (χ2v) is 3.96. The zero-order chi connectivity index (χ0) is 11.3. The highest BCUT2D eigenvalue weighted by Crippen LogP contribution is 2.16. The third-order valence-electron chi connectivity index (χ3n) is 1.97. The van der Waals surface area contributed by atoms with Gasteiger partial charge in [0.2, 0.25) is 0 Å². The van der Waals surface area contributed by atoms with Crippen LogP contribution in [0.2, 0.25) is 0 Å². The zero-order valence-electron chi connectivity index (χ0n) is 8.95. The lowest BCUT2D eigenvalue weighted by Crippen LogP contribution is -2.04. The van der Waals surface area contributed by atoms with Crippen LogP contribution in [0.1, 0.15) is 10.4 Å². The lowest BCUT2D eigenvalue weighted by atomic mass is 10.1. The number of carbonyl (C=O) groups excluding carboxylic acids is 1. The van der Waals surface area contributed by atoms with Crippen LogP contribution in [0, 0.1) is 0 Å². The number of hydrogen-bond acceptors (Lipinski definition) is 3. The van der Waals surface area contributed by atoms with Gasteiger partial charge in [-0.2, -0.15) is 11.8 Å². The van der Waals surface area contributed by atoms with Gasteiger partial charge < -0.3 is 4.74 Å². The molecule has 0 aliphatic carbocycles. The van der Waals surface area contributed by atoms with Crippen molar-refractivity contribution in [2.24, 2.45) is 0 Å². The molecule has 1 aromatic carbocycles. The molecule has 80 valence electrons. The van der Waals surface area contributed by atoms with E-state index in [9.17, 15) is 4.79 Å². The molecule has 0 saturated heterocycles. The topological polar surface area (TPSA) is 26.3 Å². The summed E-state index contributed by atoms with van der Waals surface area (Å²) in [4.78, 5) is 11.8. The second kappa shape index (κ2) is 5.61. The molecule has 1 rings (SSSR count). The van der Waals surface area contributed by atoms with Gasteiger partial charge in [0.1, 0.15) is 5.75 Å². The predicted octanol–water partition coefficient (Wildman–Crippen LogP) is 2.80. The van der Waals surface area contributed by atoms with Gasteiger partial charge in [0.05, 0.1) is 7.11 Å². The average Bonchev–Trinajstić information content (AvgIpc) is 2.28. The van der Waals surface area contributed by atoms with Crippen LogP contribution in [0.4, 0.5) is 0 Å². The zero-order valence-corrected chi connectivity index (χ0v) is 9.76. The van der Waals surface area contributed by atoms with E-state index in [1.165, 1.54) is 0 Å². The number of hydrogen-bond donors (Lipinski definition) is 0. The van der Waals surface area contributed by atoms with Crippen molar-refractivity contribution in [1.82, 2.24) is 0 Å². The Labute approximate surface area is 94.3 Å². The number of rotatable bonds is 5. The van der Waals surface area contributed by atoms with Crippen molar-refractivity contribution in [2.75, 3.05) is 19.1 Å². The predicted molar refractivity (Wildman–Crippen MR) is 64.8 cm³/mol. The van der Waals surface area contributed by atoms with Crippen LogP contribution in [-0.2, 0) is 0 Å². The molecule has 0 radical (unpaired) electrons. The van der Waals surface area contributed by atoms with Gasteiger partial charge in [0.15, 0.2) is 5.78 Å². The summed E-state index contributed by atoms with van der Waals surface area (Å²) < 4.78 is 5.06. The first-order valence-corrected chi connectivity index (χ1v) is 5.94. The van der Waals surface area contributed by atoms with Crippen LogP contribution >= 0.6 is 11.8 Å². The number of thioether (sulfide) groups is 1. The monoisotopic (exact) mass is 222 g/mol. The van der Waals surface area contributed by atoms with E-state index in [-0.39, 0.29) is 5.78 Å². The molecule has 3 heteroatoms. The Kier molecular flexibility index (Phi) is 4.43. The Bertz CT molecular complexity index is 372. The average molecular weight is 222 g/mol. The Balaban J connectivity index is 2.86. The van der Waals surface area contributed by atoms with Gasteiger partial charge in [-0.05, 0) is 18.4 Å². The SMILES string of the molecule is C=C(CSC)C(=O)c1cccc(OC)c1. The van der Waals surface area contributed by atoms with Crippen LogP contribution < -0.4 is 4.74 Å². The lowest BCUT2D eigenvalue weighted by molar-refractivity contribution is 0.103. The van der Waals surface area contributed by atoms with E-state index < -0.39 is 0 Å². The maximum atomic E-state index is 11.8. The van der Waals surface area contributed by atoms with Crippen molar-refractivity contribution in [1.29, 1.82) is 0 Å². The van der Waals surface area contributed by atoms with Gasteiger partial charge in [-0.25, -0.2) is 0 Å². The van der Waals surface area contributed by atoms with Crippen LogP contribution in [0.3, 0.4) is 0 Å². The molecule has 0 fully saturated rings. The Morgan fingerprint density at radius 1 is 1.53 bits per heavy atom. The number of ketones is 1. The van der Waals surface area contributed by atoms with Crippen molar-refractivity contribution >= 4 is 17.5 Å². The molecule has 0 saturated carbocycles. The fraction of sp³-hybridized carbons (Fsp3) is 0.250. The van der Waals surface area contributed by atoms with Crippen molar-refractivity contribution in [3.8, 4) is 5.75 Å². The summed E-state index contributed by atoms with van der Waals surface area (Å²) in [5.41, 5.74) is 1.25. The molecule has 2 nitrogen and oxygen atoms in total. The first kappa shape index (κ1) is 11.9. The smallest absolute Gasteiger partial charge is 0.189 e. The quantitative estimate of drug-likeness (QED) is 0.566. The largest absolute Gasteiger partial charge is 0.497 e. The highest BCUT2D eigenvalue weighted by atomic mass is 32.2. The molecule has 0 bridgehead atoms. The van der Waals surface area contributed by atoms with E-state index in [1.54, 1.807) is 37.1 Å². The molecule has 0 unspecified atom stereocenters. The maximum absolute atomic E-state index is 11.8. The van der Waals surface area contributed by atoms with Gasteiger partial charge in [0.25, 0.3) is 0 Å². The number of Topliss-reactive ketones (excluding diaryl/α,β-unsaturated/α-hetero) is 1. The molecule has 0 aromatic heterocycles. The standard InChI is InChI=1S/C12H14O2S/c1-9(8-15-3)12(13)10-5-4-6-11(7-10)14-2/h4-7H,1,8H2,2-3H3. The second-order valence-electron chi connectivity index (χ2n) is 3.10. The molecule has 0 heterocycles. The van der Waals surface area contributed by atoms with Crippen LogP contribution in [0.15, 0.2) is 36.4 Å². The number of ether oxygens (including phenoxy) is 1. The summed E-state index contributed by atoms with van der Waals surface area (Å²) in [5, 5.41) is 0. The molecule has 0 atom stereocenters. The van der Waals surface area contributed by atoms with Crippen molar-refractivity contribution in [3.63, 3.8) is 0 Å². The van der Waals surface area contributed by atoms with Crippen LogP contribution in [0.5, 0.6) is 5.75 Å². The summed E-state index contributed by atoms with van der Waals surface area (Å²) in [7, 11) is 1.58. The van der Waals surface area contributed by atoms with E-state index >= 15 is 0 Å². The molecule has 0 amide bonds. The fourth-order valence-corrected chi connectivity index (χ4v) is 1.69. The molecule has 15 heavy (non-hydrogen) atoms. The fourth-order valence-electron chi connectivity index (χ4n) is 1.21. The van der Waals surface area contributed by atoms with Crippen molar-refractivity contribution in [2.45, 2.75) is 0 Å². The summed E-state index contributed by atoms with van der Waals surface area (Å²) in [6.07, 6.45) is 1.95. The normalized spacial score (nSPS) is 9.73. The molecular weight excluding hydrogens is 208 g/mol. The first-order valence-electron chi connectivity index (χ1n) is 4.54. The number of carbonyl (C=O) groups is 1. The molecular formula is C12H14O2S. The molecule has 0 N–H and O–H groups in total. The van der Waals surface area contributed by atoms with E-state index in [0.29, 0.717) is 22.6 Å². The van der Waals surface area contributed by atoms with Crippen LogP contribution in [0.25, 0.3) is 0 Å². The minimum absolute atomic E-state index is 0.0109. The van der Waals surface area contributed by atoms with Gasteiger partial charge >= 0.3 is 0 Å². The minimum atomic E-state index is -0.0109. The van der Waals surface area contributed by atoms with E-state index in [0.717, 1.165) is 0 Å². The molecule has 0 aliphatic heterocycles. The maximum Gasteiger partial charge on any atom is 0.189 e. The van der Waals surface area contributed by atoms with Gasteiger partial charge in [-0.15, -0.1) is 0 Å². The minimum Gasteiger partial charge on any atom is -0.497 e. The molecule has 0 aliphatic rings. The van der Waals surface area contributed by atoms with Crippen molar-refractivity contribution in [3.05, 3.63) is 42.0 Å². The summed E-state index contributed by atoms with van der Waals surface area (Å²) >= 11 is 1.59. The summed E-state index contributed by atoms with van der Waals surface area (Å²) in [5.74, 6) is 1.34. The third-order valence-corrected chi connectivity index (χ3v) is 2.61. The highest BCUT2D eigenvalue weighted by molar-refractivity contribution is 7.98. The first-order chi connectivity index (χ1) is 7.19. The van der Waals surface area contributed by atoms with E-state index in [4.69, 9.17) is 4.74 Å². The Morgan fingerprint density at radius 2 is 2.27 bits per heavy atom. The molecule has 1 aromatic rings. The van der Waals surface area contributed by atoms with Crippen molar-refractivity contribution < 1.29 is 9.53 Å². The number of benzene rings is 1. The summed E-state index contributed by atoms with van der Waals surface area (Å²) in [6, 6.07) is 7.12. The number of methoxy groups -OCH3 is 1. The third kappa shape index (κ3) is 3.13. The van der Waals surface area contributed by atoms with E-state index in [2.05, 4.69) is 6.58 Å².